The molecule has 8 nitrogen and oxygen atoms in total. The van der Waals surface area contributed by atoms with Crippen LogP contribution in [0, 0.1) is 12.8 Å². The summed E-state index contributed by atoms with van der Waals surface area (Å²) in [7, 11) is 0. The molecule has 0 spiro atoms. The van der Waals surface area contributed by atoms with Crippen molar-refractivity contribution in [2.75, 3.05) is 13.3 Å². The van der Waals surface area contributed by atoms with E-state index >= 15 is 0 Å². The molecule has 1 aliphatic rings. The first kappa shape index (κ1) is 22.5. The minimum atomic E-state index is -0.389. The Labute approximate surface area is 193 Å². The maximum absolute atomic E-state index is 12.9. The first-order valence-electron chi connectivity index (χ1n) is 11.0. The van der Waals surface area contributed by atoms with Gasteiger partial charge < -0.3 is 14.8 Å². The summed E-state index contributed by atoms with van der Waals surface area (Å²) in [6.45, 7) is 6.70. The van der Waals surface area contributed by atoms with E-state index in [-0.39, 0.29) is 24.0 Å². The zero-order valence-corrected chi connectivity index (χ0v) is 19.2. The number of ether oxygens (including phenoxy) is 2. The largest absolute Gasteiger partial charge is 0.462 e. The number of benzene rings is 1. The minimum Gasteiger partial charge on any atom is -0.462 e. The Bertz CT molecular complexity index is 1110. The molecule has 4 rings (SSSR count). The van der Waals surface area contributed by atoms with Gasteiger partial charge in [0.25, 0.3) is 0 Å². The summed E-state index contributed by atoms with van der Waals surface area (Å²) >= 11 is 0. The van der Waals surface area contributed by atoms with E-state index in [9.17, 15) is 4.79 Å². The lowest BCUT2D eigenvalue weighted by Gasteiger charge is -2.26. The molecule has 33 heavy (non-hydrogen) atoms. The van der Waals surface area contributed by atoms with Crippen LogP contribution in [0.5, 0.6) is 0 Å². The van der Waals surface area contributed by atoms with Crippen LogP contribution in [0.1, 0.15) is 37.2 Å². The molecule has 1 aliphatic heterocycles. The second-order valence-electron chi connectivity index (χ2n) is 8.86. The summed E-state index contributed by atoms with van der Waals surface area (Å²) in [6, 6.07) is 12.0. The summed E-state index contributed by atoms with van der Waals surface area (Å²) in [6.07, 6.45) is 7.80. The van der Waals surface area contributed by atoms with E-state index < -0.39 is 0 Å². The molecule has 8 heteroatoms. The maximum Gasteiger partial charge on any atom is 0.235 e. The molecular weight excluding hydrogens is 418 g/mol. The van der Waals surface area contributed by atoms with Crippen molar-refractivity contribution in [3.8, 4) is 5.95 Å². The first-order chi connectivity index (χ1) is 15.9. The van der Waals surface area contributed by atoms with E-state index in [1.165, 1.54) is 0 Å². The molecule has 3 heterocycles. The van der Waals surface area contributed by atoms with Crippen LogP contribution in [-0.2, 0) is 26.1 Å². The van der Waals surface area contributed by atoms with Gasteiger partial charge in [0.05, 0.1) is 5.69 Å². The standard InChI is InChI=1S/C25H29N5O3/c1-18-11-22(29-24(28-18)30-10-9-26-16-30)25(2,3)15-27-23(31)13-20(21-14-32-17-33-21)12-19-7-5-4-6-8-19/h4-11,14,16,20H,12-13,15,17H2,1-3H3,(H,27,31). The third kappa shape index (κ3) is 5.77. The van der Waals surface area contributed by atoms with Gasteiger partial charge in [-0.2, -0.15) is 0 Å². The molecule has 0 fully saturated rings. The van der Waals surface area contributed by atoms with Crippen LogP contribution in [0.2, 0.25) is 0 Å². The van der Waals surface area contributed by atoms with Gasteiger partial charge in [-0.05, 0) is 25.0 Å². The molecule has 0 aliphatic carbocycles. The number of rotatable bonds is 9. The van der Waals surface area contributed by atoms with Gasteiger partial charge in [0.2, 0.25) is 18.6 Å². The average molecular weight is 448 g/mol. The number of nitrogens with zero attached hydrogens (tertiary/aromatic N) is 4. The fraction of sp³-hybridized carbons (Fsp3) is 0.360. The van der Waals surface area contributed by atoms with Crippen LogP contribution in [0.15, 0.2) is 67.1 Å². The monoisotopic (exact) mass is 447 g/mol. The highest BCUT2D eigenvalue weighted by molar-refractivity contribution is 5.76. The smallest absolute Gasteiger partial charge is 0.235 e. The van der Waals surface area contributed by atoms with Crippen molar-refractivity contribution in [2.45, 2.75) is 39.0 Å². The molecule has 1 unspecified atom stereocenters. The molecule has 0 bridgehead atoms. The molecule has 172 valence electrons. The summed E-state index contributed by atoms with van der Waals surface area (Å²) < 4.78 is 12.6. The van der Waals surface area contributed by atoms with Crippen LogP contribution in [-0.4, -0.2) is 38.8 Å². The Balaban J connectivity index is 1.42. The van der Waals surface area contributed by atoms with Crippen molar-refractivity contribution in [1.29, 1.82) is 0 Å². The highest BCUT2D eigenvalue weighted by Crippen LogP contribution is 2.26. The van der Waals surface area contributed by atoms with Crippen LogP contribution in [0.3, 0.4) is 0 Å². The summed E-state index contributed by atoms with van der Waals surface area (Å²) in [5.41, 5.74) is 2.47. The van der Waals surface area contributed by atoms with Gasteiger partial charge in [0.1, 0.15) is 18.3 Å². The number of nitrogens with one attached hydrogen (secondary N) is 1. The number of imidazole rings is 1. The average Bonchev–Trinajstić information content (AvgIpc) is 3.52. The van der Waals surface area contributed by atoms with Gasteiger partial charge in [0, 0.05) is 42.4 Å². The lowest BCUT2D eigenvalue weighted by atomic mass is 9.88. The Morgan fingerprint density at radius 2 is 2.06 bits per heavy atom. The zero-order chi connectivity index (χ0) is 23.3. The van der Waals surface area contributed by atoms with Crippen molar-refractivity contribution in [3.05, 3.63) is 84.1 Å². The summed E-state index contributed by atoms with van der Waals surface area (Å²) in [5, 5.41) is 3.09. The number of aryl methyl sites for hydroxylation is 1. The number of carbonyl (C=O) groups is 1. The molecule has 0 saturated heterocycles. The summed E-state index contributed by atoms with van der Waals surface area (Å²) in [4.78, 5) is 26.2. The van der Waals surface area contributed by atoms with Crippen LogP contribution >= 0.6 is 0 Å². The van der Waals surface area contributed by atoms with Gasteiger partial charge in [0.15, 0.2) is 0 Å². The van der Waals surface area contributed by atoms with Gasteiger partial charge in [-0.15, -0.1) is 0 Å². The normalized spacial score (nSPS) is 14.2. The fourth-order valence-corrected chi connectivity index (χ4v) is 3.74. The highest BCUT2D eigenvalue weighted by atomic mass is 16.7. The topological polar surface area (TPSA) is 91.2 Å². The third-order valence-corrected chi connectivity index (χ3v) is 5.65. The fourth-order valence-electron chi connectivity index (χ4n) is 3.74. The van der Waals surface area contributed by atoms with Gasteiger partial charge in [-0.1, -0.05) is 44.2 Å². The van der Waals surface area contributed by atoms with Crippen molar-refractivity contribution >= 4 is 5.91 Å². The molecule has 2 aromatic heterocycles. The number of amides is 1. The predicted molar refractivity (Wildman–Crippen MR) is 123 cm³/mol. The summed E-state index contributed by atoms with van der Waals surface area (Å²) in [5.74, 6) is 1.15. The molecule has 0 radical (unpaired) electrons. The molecule has 1 aromatic carbocycles. The first-order valence-corrected chi connectivity index (χ1v) is 11.0. The molecular formula is C25H29N5O3. The van der Waals surface area contributed by atoms with E-state index in [1.807, 2.05) is 37.4 Å². The van der Waals surface area contributed by atoms with E-state index in [0.717, 1.165) is 17.0 Å². The van der Waals surface area contributed by atoms with Crippen LogP contribution in [0.4, 0.5) is 0 Å². The Kier molecular flexibility index (Phi) is 6.72. The number of carbonyl (C=O) groups excluding carboxylic acids is 1. The Morgan fingerprint density at radius 3 is 2.76 bits per heavy atom. The van der Waals surface area contributed by atoms with Crippen molar-refractivity contribution in [1.82, 2.24) is 24.8 Å². The van der Waals surface area contributed by atoms with E-state index in [0.29, 0.717) is 31.1 Å². The van der Waals surface area contributed by atoms with Gasteiger partial charge in [-0.25, -0.2) is 15.0 Å². The second kappa shape index (κ2) is 9.85. The van der Waals surface area contributed by atoms with E-state index in [4.69, 9.17) is 14.5 Å². The number of hydrogen-bond donors (Lipinski definition) is 1. The Hall–Kier alpha value is -3.68. The Morgan fingerprint density at radius 1 is 1.24 bits per heavy atom. The SMILES string of the molecule is Cc1cc(C(C)(C)CNC(=O)CC(Cc2ccccc2)C2=COCO2)nc(-n2ccnc2)n1. The van der Waals surface area contributed by atoms with Gasteiger partial charge in [-0.3, -0.25) is 9.36 Å². The van der Waals surface area contributed by atoms with Crippen molar-refractivity contribution in [2.24, 2.45) is 5.92 Å². The highest BCUT2D eigenvalue weighted by Gasteiger charge is 2.27. The van der Waals surface area contributed by atoms with Crippen molar-refractivity contribution in [3.63, 3.8) is 0 Å². The quantitative estimate of drug-likeness (QED) is 0.540. The zero-order valence-electron chi connectivity index (χ0n) is 19.2. The van der Waals surface area contributed by atoms with Crippen molar-refractivity contribution < 1.29 is 14.3 Å². The second-order valence-corrected chi connectivity index (χ2v) is 8.86. The molecule has 3 aromatic rings. The maximum atomic E-state index is 12.9. The number of allylic oxidation sites excluding steroid dienone is 1. The third-order valence-electron chi connectivity index (χ3n) is 5.65. The number of hydrogen-bond acceptors (Lipinski definition) is 6. The van der Waals surface area contributed by atoms with Crippen LogP contribution in [0.25, 0.3) is 5.95 Å². The molecule has 1 N–H and O–H groups in total. The predicted octanol–water partition coefficient (Wildman–Crippen LogP) is 3.46. The molecule has 0 saturated carbocycles. The minimum absolute atomic E-state index is 0.0407. The lowest BCUT2D eigenvalue weighted by Crippen LogP contribution is -2.38. The van der Waals surface area contributed by atoms with E-state index in [1.54, 1.807) is 23.4 Å². The van der Waals surface area contributed by atoms with E-state index in [2.05, 4.69) is 41.3 Å². The molecule has 1 atom stereocenters. The van der Waals surface area contributed by atoms with Gasteiger partial charge >= 0.3 is 0 Å². The lowest BCUT2D eigenvalue weighted by molar-refractivity contribution is -0.122. The molecule has 1 amide bonds. The number of aromatic nitrogens is 4. The van der Waals surface area contributed by atoms with Crippen LogP contribution < -0.4 is 5.32 Å².